The third kappa shape index (κ3) is 3.80. The summed E-state index contributed by atoms with van der Waals surface area (Å²) in [5, 5.41) is 8.21. The van der Waals surface area contributed by atoms with E-state index in [0.29, 0.717) is 6.10 Å². The van der Waals surface area contributed by atoms with Gasteiger partial charge in [-0.15, -0.1) is 0 Å². The molecule has 1 aromatic rings. The minimum absolute atomic E-state index is 0.134. The first-order chi connectivity index (χ1) is 8.87. The van der Waals surface area contributed by atoms with Gasteiger partial charge in [-0.05, 0) is 47.5 Å². The van der Waals surface area contributed by atoms with Crippen molar-refractivity contribution in [2.75, 3.05) is 6.61 Å². The third-order valence-electron chi connectivity index (χ3n) is 3.73. The van der Waals surface area contributed by atoms with E-state index in [1.165, 1.54) is 17.7 Å². The highest BCUT2D eigenvalue weighted by Crippen LogP contribution is 2.18. The summed E-state index contributed by atoms with van der Waals surface area (Å²) in [5.41, 5.74) is 3.86. The van der Waals surface area contributed by atoms with E-state index in [4.69, 9.17) is 4.74 Å². The molecule has 19 heavy (non-hydrogen) atoms. The molecule has 108 valence electrons. The summed E-state index contributed by atoms with van der Waals surface area (Å²) in [5.74, 6) is 0. The maximum Gasteiger partial charge on any atom is 0.0771 e. The van der Waals surface area contributed by atoms with Gasteiger partial charge in [-0.2, -0.15) is 5.10 Å². The van der Waals surface area contributed by atoms with Crippen LogP contribution in [0.2, 0.25) is 0 Å². The Kier molecular flexibility index (Phi) is 4.31. The van der Waals surface area contributed by atoms with Crippen LogP contribution in [0, 0.1) is 13.8 Å². The molecule has 2 heterocycles. The molecule has 1 aliphatic heterocycles. The Balaban J connectivity index is 2.05. The Morgan fingerprint density at radius 3 is 2.68 bits per heavy atom. The zero-order chi connectivity index (χ0) is 14.0. The van der Waals surface area contributed by atoms with Gasteiger partial charge in [0.05, 0.1) is 18.3 Å². The second kappa shape index (κ2) is 5.63. The first-order valence-corrected chi connectivity index (χ1v) is 7.26. The van der Waals surface area contributed by atoms with Crippen LogP contribution in [-0.2, 0) is 17.8 Å². The van der Waals surface area contributed by atoms with Gasteiger partial charge in [0, 0.05) is 29.9 Å². The number of aryl methyl sites for hydroxylation is 1. The van der Waals surface area contributed by atoms with Crippen molar-refractivity contribution in [2.24, 2.45) is 0 Å². The SMILES string of the molecule is Cc1nn(CC2CCCO2)c(C)c1CNC(C)(C)C. The van der Waals surface area contributed by atoms with Crippen molar-refractivity contribution in [1.29, 1.82) is 0 Å². The molecule has 0 spiro atoms. The fraction of sp³-hybridized carbons (Fsp3) is 0.800. The van der Waals surface area contributed by atoms with E-state index in [2.05, 4.69) is 49.7 Å². The molecule has 1 aromatic heterocycles. The Labute approximate surface area is 116 Å². The molecular weight excluding hydrogens is 238 g/mol. The quantitative estimate of drug-likeness (QED) is 0.909. The van der Waals surface area contributed by atoms with E-state index in [9.17, 15) is 0 Å². The van der Waals surface area contributed by atoms with Gasteiger partial charge in [-0.3, -0.25) is 4.68 Å². The van der Waals surface area contributed by atoms with E-state index in [1.54, 1.807) is 0 Å². The van der Waals surface area contributed by atoms with Crippen LogP contribution >= 0.6 is 0 Å². The Morgan fingerprint density at radius 1 is 1.37 bits per heavy atom. The molecule has 2 rings (SSSR count). The summed E-state index contributed by atoms with van der Waals surface area (Å²) in [7, 11) is 0. The van der Waals surface area contributed by atoms with Crippen LogP contribution in [0.3, 0.4) is 0 Å². The highest BCUT2D eigenvalue weighted by molar-refractivity contribution is 5.24. The molecular formula is C15H27N3O. The van der Waals surface area contributed by atoms with Crippen LogP contribution in [-0.4, -0.2) is 28.0 Å². The van der Waals surface area contributed by atoms with Crippen LogP contribution in [0.25, 0.3) is 0 Å². The van der Waals surface area contributed by atoms with Gasteiger partial charge in [0.2, 0.25) is 0 Å². The van der Waals surface area contributed by atoms with Crippen molar-refractivity contribution >= 4 is 0 Å². The average molecular weight is 265 g/mol. The zero-order valence-electron chi connectivity index (χ0n) is 12.9. The van der Waals surface area contributed by atoms with Gasteiger partial charge in [-0.1, -0.05) is 0 Å². The van der Waals surface area contributed by atoms with E-state index in [-0.39, 0.29) is 5.54 Å². The number of rotatable bonds is 4. The molecule has 0 bridgehead atoms. The number of ether oxygens (including phenoxy) is 1. The summed E-state index contributed by atoms with van der Waals surface area (Å²) in [6.07, 6.45) is 2.69. The molecule has 4 heteroatoms. The third-order valence-corrected chi connectivity index (χ3v) is 3.73. The molecule has 1 fully saturated rings. The first kappa shape index (κ1) is 14.5. The van der Waals surface area contributed by atoms with Crippen LogP contribution in [0.5, 0.6) is 0 Å². The lowest BCUT2D eigenvalue weighted by Gasteiger charge is -2.20. The van der Waals surface area contributed by atoms with Crippen molar-refractivity contribution in [3.05, 3.63) is 17.0 Å². The average Bonchev–Trinajstić information content (AvgIpc) is 2.87. The van der Waals surface area contributed by atoms with Crippen molar-refractivity contribution < 1.29 is 4.74 Å². The van der Waals surface area contributed by atoms with Gasteiger partial charge in [-0.25, -0.2) is 0 Å². The molecule has 0 radical (unpaired) electrons. The summed E-state index contributed by atoms with van der Waals surface area (Å²) < 4.78 is 7.81. The lowest BCUT2D eigenvalue weighted by Crippen LogP contribution is -2.35. The van der Waals surface area contributed by atoms with Gasteiger partial charge >= 0.3 is 0 Å². The lowest BCUT2D eigenvalue weighted by molar-refractivity contribution is 0.0933. The maximum absolute atomic E-state index is 5.70. The van der Waals surface area contributed by atoms with Gasteiger partial charge in [0.15, 0.2) is 0 Å². The summed E-state index contributed by atoms with van der Waals surface area (Å²) >= 11 is 0. The van der Waals surface area contributed by atoms with Gasteiger partial charge < -0.3 is 10.1 Å². The van der Waals surface area contributed by atoms with Crippen molar-refractivity contribution in [2.45, 2.75) is 72.2 Å². The fourth-order valence-corrected chi connectivity index (χ4v) is 2.50. The molecule has 1 saturated heterocycles. The Bertz CT molecular complexity index is 425. The highest BCUT2D eigenvalue weighted by atomic mass is 16.5. The molecule has 1 aliphatic rings. The van der Waals surface area contributed by atoms with Crippen molar-refractivity contribution in [3.63, 3.8) is 0 Å². The summed E-state index contributed by atoms with van der Waals surface area (Å²) in [4.78, 5) is 0. The van der Waals surface area contributed by atoms with Crippen LogP contribution < -0.4 is 5.32 Å². The number of hydrogen-bond acceptors (Lipinski definition) is 3. The molecule has 1 unspecified atom stereocenters. The minimum atomic E-state index is 0.134. The van der Waals surface area contributed by atoms with Gasteiger partial charge in [0.1, 0.15) is 0 Å². The van der Waals surface area contributed by atoms with Gasteiger partial charge in [0.25, 0.3) is 0 Å². The monoisotopic (exact) mass is 265 g/mol. The minimum Gasteiger partial charge on any atom is -0.376 e. The standard InChI is InChI=1S/C15H27N3O/c1-11-14(9-16-15(3,4)5)12(2)18(17-11)10-13-7-6-8-19-13/h13,16H,6-10H2,1-5H3. The Hall–Kier alpha value is -0.870. The number of aromatic nitrogens is 2. The summed E-state index contributed by atoms with van der Waals surface area (Å²) in [6, 6.07) is 0. The van der Waals surface area contributed by atoms with E-state index >= 15 is 0 Å². The van der Waals surface area contributed by atoms with E-state index in [1.807, 2.05) is 0 Å². The number of nitrogens with zero attached hydrogens (tertiary/aromatic N) is 2. The normalized spacial score (nSPS) is 20.2. The topological polar surface area (TPSA) is 39.1 Å². The first-order valence-electron chi connectivity index (χ1n) is 7.26. The van der Waals surface area contributed by atoms with Crippen molar-refractivity contribution in [1.82, 2.24) is 15.1 Å². The van der Waals surface area contributed by atoms with Crippen LogP contribution in [0.4, 0.5) is 0 Å². The molecule has 4 nitrogen and oxygen atoms in total. The lowest BCUT2D eigenvalue weighted by atomic mass is 10.1. The smallest absolute Gasteiger partial charge is 0.0771 e. The molecule has 0 aromatic carbocycles. The van der Waals surface area contributed by atoms with Crippen LogP contribution in [0.1, 0.15) is 50.6 Å². The predicted octanol–water partition coefficient (Wildman–Crippen LogP) is 2.57. The van der Waals surface area contributed by atoms with Crippen LogP contribution in [0.15, 0.2) is 0 Å². The molecule has 0 saturated carbocycles. The second-order valence-corrected chi connectivity index (χ2v) is 6.57. The van der Waals surface area contributed by atoms with E-state index in [0.717, 1.165) is 31.8 Å². The predicted molar refractivity (Wildman–Crippen MR) is 77.3 cm³/mol. The fourth-order valence-electron chi connectivity index (χ4n) is 2.50. The van der Waals surface area contributed by atoms with E-state index < -0.39 is 0 Å². The summed E-state index contributed by atoms with van der Waals surface area (Å²) in [6.45, 7) is 13.5. The Morgan fingerprint density at radius 2 is 2.11 bits per heavy atom. The molecule has 1 atom stereocenters. The maximum atomic E-state index is 5.70. The number of nitrogens with one attached hydrogen (secondary N) is 1. The second-order valence-electron chi connectivity index (χ2n) is 6.57. The number of hydrogen-bond donors (Lipinski definition) is 1. The van der Waals surface area contributed by atoms with Crippen molar-refractivity contribution in [3.8, 4) is 0 Å². The molecule has 0 amide bonds. The highest BCUT2D eigenvalue weighted by Gasteiger charge is 2.20. The zero-order valence-corrected chi connectivity index (χ0v) is 12.9. The largest absolute Gasteiger partial charge is 0.376 e. The molecule has 0 aliphatic carbocycles. The molecule has 1 N–H and O–H groups in total.